The third kappa shape index (κ3) is 1.16. The minimum atomic E-state index is 0.699. The molecule has 0 bridgehead atoms. The van der Waals surface area contributed by atoms with Gasteiger partial charge in [-0.05, 0) is 25.9 Å². The highest BCUT2D eigenvalue weighted by atomic mass is 15.1. The molecule has 1 atom stereocenters. The molecule has 1 rings (SSSR count). The molecule has 40 valence electrons. The molecule has 0 amide bonds. The lowest BCUT2D eigenvalue weighted by Gasteiger charge is -2.01. The molecule has 7 heavy (non-hydrogen) atoms. The zero-order chi connectivity index (χ0) is 5.28. The number of rotatable bonds is 0. The summed E-state index contributed by atoms with van der Waals surface area (Å²) >= 11 is 0. The molecule has 0 aliphatic carbocycles. The first-order chi connectivity index (χ1) is 3.29. The molecule has 1 nitrogen and oxygen atoms in total. The Labute approximate surface area is 45.3 Å². The summed E-state index contributed by atoms with van der Waals surface area (Å²) in [6, 6.07) is 0. The highest BCUT2D eigenvalue weighted by Gasteiger charge is 2.14. The van der Waals surface area contributed by atoms with Crippen molar-refractivity contribution in [3.8, 4) is 0 Å². The van der Waals surface area contributed by atoms with Crippen molar-refractivity contribution < 1.29 is 0 Å². The van der Waals surface area contributed by atoms with Crippen LogP contribution < -0.4 is 0 Å². The summed E-state index contributed by atoms with van der Waals surface area (Å²) in [5.41, 5.74) is 0. The van der Waals surface area contributed by atoms with Crippen molar-refractivity contribution in [3.63, 3.8) is 0 Å². The van der Waals surface area contributed by atoms with Gasteiger partial charge in [-0.2, -0.15) is 0 Å². The van der Waals surface area contributed by atoms with E-state index in [4.69, 9.17) is 0 Å². The van der Waals surface area contributed by atoms with Gasteiger partial charge < -0.3 is 0 Å². The van der Waals surface area contributed by atoms with Crippen LogP contribution in [0.1, 0.15) is 13.3 Å². The molecule has 0 N–H and O–H groups in total. The van der Waals surface area contributed by atoms with Crippen molar-refractivity contribution in [2.45, 2.75) is 13.3 Å². The minimum Gasteiger partial charge on any atom is -0.297 e. The third-order valence-electron chi connectivity index (χ3n) is 1.34. The molecule has 0 aromatic rings. The number of hydrogen-bond acceptors (Lipinski definition) is 1. The van der Waals surface area contributed by atoms with E-state index in [9.17, 15) is 0 Å². The predicted octanol–water partition coefficient (Wildman–Crippen LogP) is 0.997. The van der Waals surface area contributed by atoms with Gasteiger partial charge in [0.2, 0.25) is 0 Å². The van der Waals surface area contributed by atoms with E-state index in [1.807, 2.05) is 0 Å². The van der Waals surface area contributed by atoms with Crippen LogP contribution >= 0.6 is 0 Å². The third-order valence-corrected chi connectivity index (χ3v) is 1.34. The van der Waals surface area contributed by atoms with Crippen molar-refractivity contribution in [2.75, 3.05) is 13.6 Å². The van der Waals surface area contributed by atoms with Crippen LogP contribution in [0.4, 0.5) is 0 Å². The fourth-order valence-electron chi connectivity index (χ4n) is 0.893. The van der Waals surface area contributed by atoms with Crippen LogP contribution in [0.3, 0.4) is 0 Å². The van der Waals surface area contributed by atoms with Crippen molar-refractivity contribution in [2.24, 2.45) is 5.92 Å². The molecule has 1 heterocycles. The van der Waals surface area contributed by atoms with Gasteiger partial charge in [-0.15, -0.1) is 0 Å². The Morgan fingerprint density at radius 3 is 2.57 bits per heavy atom. The Morgan fingerprint density at radius 2 is 2.43 bits per heavy atom. The summed E-state index contributed by atoms with van der Waals surface area (Å²) in [6.07, 6.45) is 1.29. The minimum absolute atomic E-state index is 0.699. The second-order valence-electron chi connectivity index (χ2n) is 2.24. The standard InChI is InChI=1S/C6H11N/c1-6-3-4-7(2)5-6/h6H,3-4H2,1-2H3. The van der Waals surface area contributed by atoms with Gasteiger partial charge in [0, 0.05) is 0 Å². The van der Waals surface area contributed by atoms with Gasteiger partial charge in [0.25, 0.3) is 0 Å². The molecular formula is C6H11N. The maximum atomic E-state index is 3.25. The van der Waals surface area contributed by atoms with Gasteiger partial charge in [-0.3, -0.25) is 4.90 Å². The maximum absolute atomic E-state index is 3.25. The zero-order valence-corrected chi connectivity index (χ0v) is 4.94. The second kappa shape index (κ2) is 1.83. The van der Waals surface area contributed by atoms with Crippen LogP contribution in [0.2, 0.25) is 0 Å². The van der Waals surface area contributed by atoms with Crippen LogP contribution in [0, 0.1) is 12.5 Å². The smallest absolute Gasteiger partial charge is 0.0644 e. The molecule has 0 aromatic heterocycles. The fourth-order valence-corrected chi connectivity index (χ4v) is 0.893. The van der Waals surface area contributed by atoms with Gasteiger partial charge in [-0.25, -0.2) is 0 Å². The number of nitrogens with zero attached hydrogens (tertiary/aromatic N) is 1. The van der Waals surface area contributed by atoms with E-state index >= 15 is 0 Å². The lowest BCUT2D eigenvalue weighted by Crippen LogP contribution is -2.07. The summed E-state index contributed by atoms with van der Waals surface area (Å²) in [6.45, 7) is 6.64. The normalized spacial score (nSPS) is 34.3. The average Bonchev–Trinajstić information content (AvgIpc) is 1.87. The first-order valence-corrected chi connectivity index (χ1v) is 2.76. The summed E-state index contributed by atoms with van der Waals surface area (Å²) in [7, 11) is 2.07. The monoisotopic (exact) mass is 97.1 g/mol. The summed E-state index contributed by atoms with van der Waals surface area (Å²) < 4.78 is 0. The Hall–Kier alpha value is -0.0400. The lowest BCUT2D eigenvalue weighted by atomic mass is 10.2. The lowest BCUT2D eigenvalue weighted by molar-refractivity contribution is 0.469. The van der Waals surface area contributed by atoms with Crippen LogP contribution in [-0.2, 0) is 0 Å². The molecule has 1 unspecified atom stereocenters. The Balaban J connectivity index is 2.26. The Kier molecular flexibility index (Phi) is 1.33. The van der Waals surface area contributed by atoms with E-state index in [-0.39, 0.29) is 0 Å². The fraction of sp³-hybridized carbons (Fsp3) is 0.833. The van der Waals surface area contributed by atoms with Crippen molar-refractivity contribution >= 4 is 0 Å². The van der Waals surface area contributed by atoms with E-state index in [1.54, 1.807) is 0 Å². The summed E-state index contributed by atoms with van der Waals surface area (Å²) in [5, 5.41) is 0. The van der Waals surface area contributed by atoms with E-state index < -0.39 is 0 Å². The van der Waals surface area contributed by atoms with Gasteiger partial charge in [0.15, 0.2) is 0 Å². The molecule has 1 aliphatic heterocycles. The highest BCUT2D eigenvalue weighted by Crippen LogP contribution is 2.16. The van der Waals surface area contributed by atoms with Crippen molar-refractivity contribution in [3.05, 3.63) is 6.54 Å². The van der Waals surface area contributed by atoms with Crippen LogP contribution in [0.15, 0.2) is 0 Å². The molecule has 0 saturated carbocycles. The topological polar surface area (TPSA) is 3.24 Å². The molecule has 1 saturated heterocycles. The maximum Gasteiger partial charge on any atom is 0.0644 e. The zero-order valence-electron chi connectivity index (χ0n) is 4.94. The van der Waals surface area contributed by atoms with Gasteiger partial charge >= 0.3 is 0 Å². The van der Waals surface area contributed by atoms with E-state index in [0.29, 0.717) is 5.92 Å². The SMILES string of the molecule is CC1[C]N(C)CC1. The van der Waals surface area contributed by atoms with Gasteiger partial charge in [-0.1, -0.05) is 6.92 Å². The highest BCUT2D eigenvalue weighted by molar-refractivity contribution is 4.79. The summed E-state index contributed by atoms with van der Waals surface area (Å²) in [5.74, 6) is 0.699. The molecule has 2 radical (unpaired) electrons. The van der Waals surface area contributed by atoms with E-state index in [0.717, 1.165) is 0 Å². The average molecular weight is 97.2 g/mol. The molecule has 0 aromatic carbocycles. The van der Waals surface area contributed by atoms with Gasteiger partial charge in [0.1, 0.15) is 0 Å². The van der Waals surface area contributed by atoms with Crippen LogP contribution in [-0.4, -0.2) is 18.5 Å². The number of hydrogen-bond donors (Lipinski definition) is 0. The van der Waals surface area contributed by atoms with Crippen molar-refractivity contribution in [1.29, 1.82) is 0 Å². The quantitative estimate of drug-likeness (QED) is 0.436. The van der Waals surface area contributed by atoms with Crippen LogP contribution in [0.5, 0.6) is 0 Å². The Bertz CT molecular complexity index is 53.2. The first kappa shape index (κ1) is 5.10. The second-order valence-corrected chi connectivity index (χ2v) is 2.24. The molecular weight excluding hydrogens is 86.1 g/mol. The molecule has 1 fully saturated rings. The van der Waals surface area contributed by atoms with E-state index in [1.165, 1.54) is 13.0 Å². The van der Waals surface area contributed by atoms with Gasteiger partial charge in [0.05, 0.1) is 6.54 Å². The largest absolute Gasteiger partial charge is 0.297 e. The van der Waals surface area contributed by atoms with E-state index in [2.05, 4.69) is 25.4 Å². The first-order valence-electron chi connectivity index (χ1n) is 2.76. The number of likely N-dealkylation sites (tertiary alicyclic amines) is 1. The van der Waals surface area contributed by atoms with Crippen molar-refractivity contribution in [1.82, 2.24) is 4.90 Å². The molecule has 0 spiro atoms. The molecule has 1 aliphatic rings. The predicted molar refractivity (Wildman–Crippen MR) is 29.7 cm³/mol. The Morgan fingerprint density at radius 1 is 1.71 bits per heavy atom. The molecule has 1 heteroatoms. The van der Waals surface area contributed by atoms with Crippen LogP contribution in [0.25, 0.3) is 0 Å². The summed E-state index contributed by atoms with van der Waals surface area (Å²) in [4.78, 5) is 2.13.